The normalized spacial score (nSPS) is 13.0. The maximum absolute atomic E-state index is 10.8. The minimum Gasteiger partial charge on any atom is -0.400 e. The molecule has 0 bridgehead atoms. The minimum atomic E-state index is -1.54. The molecule has 0 spiro atoms. The highest BCUT2D eigenvalue weighted by molar-refractivity contribution is 6.44. The first-order valence-electron chi connectivity index (χ1n) is 4.46. The van der Waals surface area contributed by atoms with E-state index in [4.69, 9.17) is 8.85 Å². The Labute approximate surface area is 81.5 Å². The molecule has 78 valence electrons. The van der Waals surface area contributed by atoms with Gasteiger partial charge in [0.05, 0.1) is 0 Å². The standard InChI is InChI=1S/C8H19NO3Si/c1-5-8(9-7(2)10)6-13(11-3)12-4/h8,13H,5-6H2,1-4H3,(H,9,10). The highest BCUT2D eigenvalue weighted by atomic mass is 28.3. The molecular weight excluding hydrogens is 186 g/mol. The van der Waals surface area contributed by atoms with Gasteiger partial charge in [0.2, 0.25) is 5.91 Å². The van der Waals surface area contributed by atoms with Gasteiger partial charge in [-0.2, -0.15) is 0 Å². The van der Waals surface area contributed by atoms with Crippen LogP contribution in [0.1, 0.15) is 20.3 Å². The molecule has 1 amide bonds. The van der Waals surface area contributed by atoms with E-state index in [2.05, 4.69) is 5.32 Å². The summed E-state index contributed by atoms with van der Waals surface area (Å²) in [6.45, 7) is 3.57. The van der Waals surface area contributed by atoms with Crippen LogP contribution in [0.5, 0.6) is 0 Å². The van der Waals surface area contributed by atoms with Gasteiger partial charge in [-0.15, -0.1) is 0 Å². The summed E-state index contributed by atoms with van der Waals surface area (Å²) in [6, 6.07) is 1.01. The summed E-state index contributed by atoms with van der Waals surface area (Å²) in [4.78, 5) is 10.8. The van der Waals surface area contributed by atoms with Crippen molar-refractivity contribution in [2.24, 2.45) is 0 Å². The molecule has 0 rings (SSSR count). The summed E-state index contributed by atoms with van der Waals surface area (Å²) in [5.74, 6) is 0.00630. The number of carbonyl (C=O) groups excluding carboxylic acids is 1. The molecule has 1 unspecified atom stereocenters. The number of nitrogens with one attached hydrogen (secondary N) is 1. The lowest BCUT2D eigenvalue weighted by atomic mass is 10.2. The maximum Gasteiger partial charge on any atom is 0.322 e. The van der Waals surface area contributed by atoms with E-state index >= 15 is 0 Å². The molecule has 0 heterocycles. The van der Waals surface area contributed by atoms with E-state index in [0.717, 1.165) is 12.5 Å². The quantitative estimate of drug-likeness (QED) is 0.639. The predicted molar refractivity (Wildman–Crippen MR) is 53.9 cm³/mol. The van der Waals surface area contributed by atoms with Crippen LogP contribution in [-0.4, -0.2) is 35.5 Å². The zero-order valence-corrected chi connectivity index (χ0v) is 9.95. The van der Waals surface area contributed by atoms with Gasteiger partial charge in [0.25, 0.3) is 0 Å². The Morgan fingerprint density at radius 2 is 2.00 bits per heavy atom. The lowest BCUT2D eigenvalue weighted by Gasteiger charge is -2.19. The summed E-state index contributed by atoms with van der Waals surface area (Å²) in [5, 5.41) is 2.86. The van der Waals surface area contributed by atoms with E-state index in [-0.39, 0.29) is 11.9 Å². The summed E-state index contributed by atoms with van der Waals surface area (Å²) in [5.41, 5.74) is 0. The fraction of sp³-hybridized carbons (Fsp3) is 0.875. The highest BCUT2D eigenvalue weighted by Gasteiger charge is 2.17. The summed E-state index contributed by atoms with van der Waals surface area (Å²) >= 11 is 0. The molecular formula is C8H19NO3Si. The Bertz CT molecular complexity index is 150. The molecule has 0 saturated carbocycles. The second-order valence-electron chi connectivity index (χ2n) is 2.94. The van der Waals surface area contributed by atoms with Gasteiger partial charge in [0.1, 0.15) is 0 Å². The van der Waals surface area contributed by atoms with Crippen LogP contribution in [0.2, 0.25) is 6.04 Å². The van der Waals surface area contributed by atoms with Crippen LogP contribution in [-0.2, 0) is 13.6 Å². The Balaban J connectivity index is 3.87. The molecule has 0 saturated heterocycles. The average Bonchev–Trinajstić information content (AvgIpc) is 2.11. The fourth-order valence-corrected chi connectivity index (χ4v) is 2.63. The number of hydrogen-bond acceptors (Lipinski definition) is 3. The molecule has 0 aromatic rings. The second-order valence-corrected chi connectivity index (χ2v) is 5.22. The molecule has 0 fully saturated rings. The van der Waals surface area contributed by atoms with Gasteiger partial charge in [-0.05, 0) is 6.42 Å². The zero-order valence-electron chi connectivity index (χ0n) is 8.79. The molecule has 4 nitrogen and oxygen atoms in total. The van der Waals surface area contributed by atoms with Crippen molar-refractivity contribution in [1.29, 1.82) is 0 Å². The molecule has 0 aliphatic carbocycles. The number of amides is 1. The van der Waals surface area contributed by atoms with Crippen molar-refractivity contribution in [3.63, 3.8) is 0 Å². The molecule has 1 atom stereocenters. The van der Waals surface area contributed by atoms with Gasteiger partial charge in [-0.3, -0.25) is 4.79 Å². The van der Waals surface area contributed by atoms with E-state index in [9.17, 15) is 4.79 Å². The van der Waals surface area contributed by atoms with Gasteiger partial charge in [0, 0.05) is 33.2 Å². The van der Waals surface area contributed by atoms with Gasteiger partial charge in [-0.25, -0.2) is 0 Å². The van der Waals surface area contributed by atoms with Crippen LogP contribution in [0.15, 0.2) is 0 Å². The summed E-state index contributed by atoms with van der Waals surface area (Å²) in [6.07, 6.45) is 0.912. The number of rotatable bonds is 6. The average molecular weight is 205 g/mol. The van der Waals surface area contributed by atoms with E-state index in [1.807, 2.05) is 6.92 Å². The smallest absolute Gasteiger partial charge is 0.322 e. The molecule has 13 heavy (non-hydrogen) atoms. The lowest BCUT2D eigenvalue weighted by molar-refractivity contribution is -0.119. The Kier molecular flexibility index (Phi) is 6.84. The predicted octanol–water partition coefficient (Wildman–Crippen LogP) is 0.414. The zero-order chi connectivity index (χ0) is 10.3. The third-order valence-corrected chi connectivity index (χ3v) is 3.91. The van der Waals surface area contributed by atoms with Crippen molar-refractivity contribution in [3.8, 4) is 0 Å². The van der Waals surface area contributed by atoms with Crippen LogP contribution in [0, 0.1) is 0 Å². The largest absolute Gasteiger partial charge is 0.400 e. The first kappa shape index (κ1) is 12.6. The Morgan fingerprint density at radius 1 is 1.46 bits per heavy atom. The monoisotopic (exact) mass is 205 g/mol. The maximum atomic E-state index is 10.8. The third kappa shape index (κ3) is 5.79. The van der Waals surface area contributed by atoms with E-state index in [1.165, 1.54) is 6.92 Å². The van der Waals surface area contributed by atoms with Crippen molar-refractivity contribution < 1.29 is 13.6 Å². The fourth-order valence-electron chi connectivity index (χ4n) is 1.14. The summed E-state index contributed by atoms with van der Waals surface area (Å²) in [7, 11) is 1.77. The van der Waals surface area contributed by atoms with Crippen molar-refractivity contribution in [2.45, 2.75) is 32.4 Å². The second kappa shape index (κ2) is 7.05. The summed E-state index contributed by atoms with van der Waals surface area (Å²) < 4.78 is 10.4. The molecule has 1 N–H and O–H groups in total. The van der Waals surface area contributed by atoms with Gasteiger partial charge < -0.3 is 14.2 Å². The van der Waals surface area contributed by atoms with Gasteiger partial charge in [-0.1, -0.05) is 6.92 Å². The van der Waals surface area contributed by atoms with Gasteiger partial charge in [0.15, 0.2) is 0 Å². The van der Waals surface area contributed by atoms with Crippen molar-refractivity contribution in [1.82, 2.24) is 5.32 Å². The molecule has 0 aliphatic heterocycles. The first-order valence-corrected chi connectivity index (χ1v) is 6.22. The van der Waals surface area contributed by atoms with Crippen LogP contribution in [0.3, 0.4) is 0 Å². The first-order chi connectivity index (χ1) is 6.13. The van der Waals surface area contributed by atoms with Crippen LogP contribution >= 0.6 is 0 Å². The van der Waals surface area contributed by atoms with Crippen molar-refractivity contribution in [2.75, 3.05) is 14.2 Å². The van der Waals surface area contributed by atoms with Crippen molar-refractivity contribution in [3.05, 3.63) is 0 Å². The van der Waals surface area contributed by atoms with E-state index in [1.54, 1.807) is 14.2 Å². The molecule has 0 radical (unpaired) electrons. The molecule has 0 aromatic heterocycles. The lowest BCUT2D eigenvalue weighted by Crippen LogP contribution is -2.37. The Hall–Kier alpha value is -0.393. The van der Waals surface area contributed by atoms with Crippen LogP contribution in [0.4, 0.5) is 0 Å². The van der Waals surface area contributed by atoms with Crippen LogP contribution < -0.4 is 5.32 Å². The van der Waals surface area contributed by atoms with E-state index in [0.29, 0.717) is 0 Å². The van der Waals surface area contributed by atoms with Gasteiger partial charge >= 0.3 is 9.28 Å². The Morgan fingerprint density at radius 3 is 2.31 bits per heavy atom. The minimum absolute atomic E-state index is 0.00630. The topological polar surface area (TPSA) is 47.6 Å². The van der Waals surface area contributed by atoms with E-state index < -0.39 is 9.28 Å². The molecule has 0 aromatic carbocycles. The SMILES string of the molecule is CCC(C[SiH](OC)OC)NC(C)=O. The van der Waals surface area contributed by atoms with Crippen molar-refractivity contribution >= 4 is 15.2 Å². The highest BCUT2D eigenvalue weighted by Crippen LogP contribution is 2.04. The van der Waals surface area contributed by atoms with Crippen LogP contribution in [0.25, 0.3) is 0 Å². The molecule has 0 aliphatic rings. The molecule has 5 heteroatoms. The number of hydrogen-bond donors (Lipinski definition) is 1. The number of carbonyl (C=O) groups is 1. The third-order valence-electron chi connectivity index (χ3n) is 1.90.